The van der Waals surface area contributed by atoms with Crippen LogP contribution in [0.2, 0.25) is 0 Å². The van der Waals surface area contributed by atoms with E-state index < -0.39 is 0 Å². The van der Waals surface area contributed by atoms with Crippen LogP contribution in [0.4, 0.5) is 0 Å². The van der Waals surface area contributed by atoms with E-state index in [9.17, 15) is 0 Å². The van der Waals surface area contributed by atoms with Crippen LogP contribution < -0.4 is 5.30 Å². The minimum atomic E-state index is -0.300. The van der Waals surface area contributed by atoms with Gasteiger partial charge in [0.15, 0.2) is 0 Å². The summed E-state index contributed by atoms with van der Waals surface area (Å²) >= 11 is -0.300. The first-order valence-corrected chi connectivity index (χ1v) is 18.0. The van der Waals surface area contributed by atoms with Crippen molar-refractivity contribution in [3.8, 4) is 0 Å². The minimum absolute atomic E-state index is 0.230. The summed E-state index contributed by atoms with van der Waals surface area (Å²) in [5.74, 6) is 0. The molecule has 0 nitrogen and oxygen atoms in total. The van der Waals surface area contributed by atoms with Crippen molar-refractivity contribution in [1.29, 1.82) is 0 Å². The first kappa shape index (κ1) is 30.7. The molecule has 0 spiro atoms. The summed E-state index contributed by atoms with van der Waals surface area (Å²) in [5, 5.41) is 1.53. The molecule has 0 fully saturated rings. The Kier molecular flexibility index (Phi) is 11.0. The number of allylic oxidation sites excluding steroid dienone is 5. The van der Waals surface area contributed by atoms with Gasteiger partial charge >= 0.3 is 181 Å². The molecule has 0 radical (unpaired) electrons. The van der Waals surface area contributed by atoms with Crippen LogP contribution in [0.1, 0.15) is 67.3 Å². The van der Waals surface area contributed by atoms with Crippen molar-refractivity contribution in [2.24, 2.45) is 0 Å². The van der Waals surface area contributed by atoms with E-state index in [2.05, 4.69) is 148 Å². The predicted molar refractivity (Wildman–Crippen MR) is 181 cm³/mol. The smallest absolute Gasteiger partial charge is 0.0238 e. The van der Waals surface area contributed by atoms with Gasteiger partial charge in [-0.3, -0.25) is 0 Å². The third-order valence-corrected chi connectivity index (χ3v) is 13.8. The molecule has 0 amide bonds. The summed E-state index contributed by atoms with van der Waals surface area (Å²) in [5.41, 5.74) is 10.5. The van der Waals surface area contributed by atoms with Gasteiger partial charge in [-0.2, -0.15) is 0 Å². The van der Waals surface area contributed by atoms with Gasteiger partial charge < -0.3 is 0 Å². The minimum Gasteiger partial charge on any atom is -0.0622 e. The zero-order valence-electron chi connectivity index (χ0n) is 25.4. The van der Waals surface area contributed by atoms with E-state index in [4.69, 9.17) is 0 Å². The number of rotatable bonds is 10. The van der Waals surface area contributed by atoms with Crippen LogP contribution in [0.5, 0.6) is 0 Å². The Hall–Kier alpha value is -2.76. The van der Waals surface area contributed by atoms with Gasteiger partial charge in [0, 0.05) is 0 Å². The molecule has 0 aliphatic heterocycles. The van der Waals surface area contributed by atoms with Gasteiger partial charge in [-0.1, -0.05) is 60.7 Å². The Labute approximate surface area is 264 Å². The molecule has 6 rings (SSSR count). The Balaban J connectivity index is 0.000000211. The SMILES string of the molecule is CCCCC1=CC[C]([Ti][C]2(Pc3ccccc3C)C=Cc3ccccc32)=C1C.c1ccc(CCc2ccccc2)cc1. The standard InChI is InChI=1S/C16H14P.C14H14.C10H15.Ti/c1-12-6-2-5-9-15(12)17-16-11-10-13-7-3-4-8-14(13)16;1-3-7-13(8-4-1)11-12-14-9-5-2-6-10-14;1-3-4-7-10-8-5-6-9(10)2;/h2-11,17H,1H3;1-10H,11-12H2;8H,3-5,7H2,1-2H3;. The molecule has 0 heterocycles. The van der Waals surface area contributed by atoms with E-state index >= 15 is 0 Å². The molecule has 2 aliphatic rings. The second-order valence-corrected chi connectivity index (χ2v) is 16.3. The maximum Gasteiger partial charge on any atom is -0.0238 e. The fraction of sp³-hybridized carbons (Fsp3) is 0.250. The monoisotopic (exact) mass is 602 g/mol. The second kappa shape index (κ2) is 15.1. The third kappa shape index (κ3) is 7.79. The number of hydrogen-bond acceptors (Lipinski definition) is 0. The first-order valence-electron chi connectivity index (χ1n) is 15.5. The Morgan fingerprint density at radius 3 is 2.00 bits per heavy atom. The largest absolute Gasteiger partial charge is 0.0622 e. The van der Waals surface area contributed by atoms with Crippen LogP contribution >= 0.6 is 8.58 Å². The number of hydrogen-bond donors (Lipinski definition) is 0. The van der Waals surface area contributed by atoms with Crippen LogP contribution in [0.3, 0.4) is 0 Å². The fourth-order valence-electron chi connectivity index (χ4n) is 5.82. The van der Waals surface area contributed by atoms with Crippen LogP contribution in [0.25, 0.3) is 6.08 Å². The van der Waals surface area contributed by atoms with Crippen LogP contribution in [-0.4, -0.2) is 0 Å². The predicted octanol–water partition coefficient (Wildman–Crippen LogP) is 10.5. The molecule has 2 unspecified atom stereocenters. The summed E-state index contributed by atoms with van der Waals surface area (Å²) in [6, 6.07) is 39.3. The number of benzene rings is 4. The second-order valence-electron chi connectivity index (χ2n) is 11.4. The van der Waals surface area contributed by atoms with Crippen LogP contribution in [-0.2, 0) is 35.5 Å². The van der Waals surface area contributed by atoms with Crippen LogP contribution in [0, 0.1) is 6.92 Å². The molecule has 212 valence electrons. The van der Waals surface area contributed by atoms with Gasteiger partial charge in [-0.05, 0) is 24.0 Å². The third-order valence-electron chi connectivity index (χ3n) is 8.40. The Bertz CT molecular complexity index is 1510. The van der Waals surface area contributed by atoms with Gasteiger partial charge in [0.25, 0.3) is 0 Å². The quantitative estimate of drug-likeness (QED) is 0.125. The normalized spacial score (nSPS) is 17.3. The molecular formula is C40H43PTi. The van der Waals surface area contributed by atoms with E-state index in [1.807, 2.05) is 0 Å². The van der Waals surface area contributed by atoms with Crippen molar-refractivity contribution in [3.05, 3.63) is 164 Å². The number of fused-ring (bicyclic) bond motifs is 1. The van der Waals surface area contributed by atoms with Crippen LogP contribution in [0.15, 0.2) is 136 Å². The van der Waals surface area contributed by atoms with E-state index in [0.29, 0.717) is 0 Å². The molecule has 2 heteroatoms. The van der Waals surface area contributed by atoms with Gasteiger partial charge in [-0.15, -0.1) is 0 Å². The molecule has 0 saturated heterocycles. The van der Waals surface area contributed by atoms with Gasteiger partial charge in [-0.25, -0.2) is 0 Å². The molecular weight excluding hydrogens is 559 g/mol. The summed E-state index contributed by atoms with van der Waals surface area (Å²) in [6.45, 7) is 6.95. The molecule has 2 aliphatic carbocycles. The maximum absolute atomic E-state index is 2.56. The molecule has 0 bridgehead atoms. The fourth-order valence-corrected chi connectivity index (χ4v) is 11.3. The van der Waals surface area contributed by atoms with E-state index in [-0.39, 0.29) is 22.6 Å². The maximum atomic E-state index is 2.56. The van der Waals surface area contributed by atoms with Crippen molar-refractivity contribution >= 4 is 20.0 Å². The van der Waals surface area contributed by atoms with Gasteiger partial charge in [0.2, 0.25) is 0 Å². The van der Waals surface area contributed by atoms with Gasteiger partial charge in [0.1, 0.15) is 0 Å². The van der Waals surface area contributed by atoms with E-state index in [0.717, 1.165) is 21.4 Å². The summed E-state index contributed by atoms with van der Waals surface area (Å²) in [6.07, 6.45) is 14.8. The molecule has 2 atom stereocenters. The topological polar surface area (TPSA) is 0 Å². The van der Waals surface area contributed by atoms with E-state index in [1.54, 1.807) is 20.6 Å². The van der Waals surface area contributed by atoms with E-state index in [1.165, 1.54) is 53.2 Å². The molecule has 0 saturated carbocycles. The zero-order chi connectivity index (χ0) is 29.2. The van der Waals surface area contributed by atoms with Crippen molar-refractivity contribution in [2.75, 3.05) is 0 Å². The number of unbranched alkanes of at least 4 members (excludes halogenated alkanes) is 1. The van der Waals surface area contributed by atoms with Gasteiger partial charge in [0.05, 0.1) is 0 Å². The van der Waals surface area contributed by atoms with Crippen molar-refractivity contribution < 1.29 is 19.2 Å². The van der Waals surface area contributed by atoms with Crippen molar-refractivity contribution in [3.63, 3.8) is 0 Å². The summed E-state index contributed by atoms with van der Waals surface area (Å²) in [7, 11) is 0.815. The molecule has 0 N–H and O–H groups in total. The number of aryl methyl sites for hydroxylation is 3. The average Bonchev–Trinajstić information content (AvgIpc) is 3.57. The molecule has 42 heavy (non-hydrogen) atoms. The Morgan fingerprint density at radius 1 is 0.714 bits per heavy atom. The Morgan fingerprint density at radius 2 is 1.33 bits per heavy atom. The van der Waals surface area contributed by atoms with Crippen molar-refractivity contribution in [1.82, 2.24) is 0 Å². The average molecular weight is 603 g/mol. The summed E-state index contributed by atoms with van der Waals surface area (Å²) in [4.78, 5) is 0. The molecule has 4 aromatic rings. The summed E-state index contributed by atoms with van der Waals surface area (Å²) < 4.78 is 2.00. The zero-order valence-corrected chi connectivity index (χ0v) is 27.9. The molecule has 4 aromatic carbocycles. The van der Waals surface area contributed by atoms with Crippen molar-refractivity contribution in [2.45, 2.75) is 62.8 Å². The first-order chi connectivity index (χ1) is 20.6. The molecule has 0 aromatic heterocycles.